The highest BCUT2D eigenvalue weighted by atomic mass is 35.5. The Balaban J connectivity index is 2.41. The van der Waals surface area contributed by atoms with E-state index in [1.54, 1.807) is 6.07 Å². The van der Waals surface area contributed by atoms with Crippen molar-refractivity contribution in [3.63, 3.8) is 0 Å². The van der Waals surface area contributed by atoms with Crippen molar-refractivity contribution >= 4 is 28.9 Å². The second-order valence-corrected chi connectivity index (χ2v) is 5.13. The van der Waals surface area contributed by atoms with Gasteiger partial charge in [-0.15, -0.1) is 0 Å². The lowest BCUT2D eigenvalue weighted by atomic mass is 10.1. The van der Waals surface area contributed by atoms with Crippen LogP contribution >= 0.6 is 11.6 Å². The van der Waals surface area contributed by atoms with Gasteiger partial charge < -0.3 is 16.0 Å². The first-order valence-electron chi connectivity index (χ1n) is 6.08. The summed E-state index contributed by atoms with van der Waals surface area (Å²) in [7, 11) is 2.00. The van der Waals surface area contributed by atoms with Crippen LogP contribution in [0.5, 0.6) is 0 Å². The minimum absolute atomic E-state index is 0.176. The molecular weight excluding hydrogens is 250 g/mol. The largest absolute Gasteiger partial charge is 0.371 e. The maximum atomic E-state index is 11.5. The Bertz CT molecular complexity index is 489. The third-order valence-electron chi connectivity index (χ3n) is 3.63. The van der Waals surface area contributed by atoms with Gasteiger partial charge in [0, 0.05) is 24.3 Å². The van der Waals surface area contributed by atoms with E-state index in [1.165, 1.54) is 0 Å². The molecule has 0 aliphatic carbocycles. The highest BCUT2D eigenvalue weighted by Crippen LogP contribution is 2.38. The lowest BCUT2D eigenvalue weighted by molar-refractivity contribution is -0.116. The van der Waals surface area contributed by atoms with Crippen molar-refractivity contribution < 1.29 is 4.79 Å². The monoisotopic (exact) mass is 267 g/mol. The van der Waals surface area contributed by atoms with Gasteiger partial charge in [-0.1, -0.05) is 18.5 Å². The molecule has 1 aromatic carbocycles. The number of nitrogens with zero attached hydrogens (tertiary/aromatic N) is 1. The Hall–Kier alpha value is -1.26. The summed E-state index contributed by atoms with van der Waals surface area (Å²) in [6.45, 7) is 4.26. The molecule has 1 aliphatic heterocycles. The molecule has 0 aromatic heterocycles. The number of benzene rings is 1. The van der Waals surface area contributed by atoms with Crippen molar-refractivity contribution in [3.8, 4) is 0 Å². The van der Waals surface area contributed by atoms with Gasteiger partial charge in [0.2, 0.25) is 5.91 Å². The number of rotatable bonds is 3. The van der Waals surface area contributed by atoms with Crippen LogP contribution in [0.2, 0.25) is 5.02 Å². The molecule has 4 nitrogen and oxygen atoms in total. The van der Waals surface area contributed by atoms with Crippen molar-refractivity contribution in [2.75, 3.05) is 17.3 Å². The van der Waals surface area contributed by atoms with Gasteiger partial charge in [0.1, 0.15) is 6.04 Å². The summed E-state index contributed by atoms with van der Waals surface area (Å²) in [6.07, 6.45) is 1.02. The van der Waals surface area contributed by atoms with E-state index in [0.29, 0.717) is 11.1 Å². The van der Waals surface area contributed by atoms with Crippen LogP contribution in [0, 0.1) is 0 Å². The van der Waals surface area contributed by atoms with Gasteiger partial charge in [-0.25, -0.2) is 0 Å². The molecule has 1 amide bonds. The minimum Gasteiger partial charge on any atom is -0.371 e. The summed E-state index contributed by atoms with van der Waals surface area (Å²) in [5.41, 5.74) is 8.24. The van der Waals surface area contributed by atoms with Gasteiger partial charge in [-0.05, 0) is 25.5 Å². The van der Waals surface area contributed by atoms with Crippen molar-refractivity contribution in [3.05, 3.63) is 22.7 Å². The molecule has 18 heavy (non-hydrogen) atoms. The van der Waals surface area contributed by atoms with Gasteiger partial charge in [0.25, 0.3) is 0 Å². The third kappa shape index (κ3) is 2.06. The fraction of sp³-hybridized carbons (Fsp3) is 0.462. The molecule has 5 heteroatoms. The lowest BCUT2D eigenvalue weighted by Crippen LogP contribution is -2.28. The minimum atomic E-state index is -0.611. The molecule has 2 unspecified atom stereocenters. The van der Waals surface area contributed by atoms with Crippen molar-refractivity contribution in [2.45, 2.75) is 32.4 Å². The van der Waals surface area contributed by atoms with Gasteiger partial charge in [0.05, 0.1) is 10.7 Å². The highest BCUT2D eigenvalue weighted by Gasteiger charge is 2.29. The van der Waals surface area contributed by atoms with E-state index in [0.717, 1.165) is 23.4 Å². The van der Waals surface area contributed by atoms with Crippen LogP contribution in [0.25, 0.3) is 0 Å². The van der Waals surface area contributed by atoms with E-state index in [4.69, 9.17) is 17.3 Å². The number of carbonyl (C=O) groups excluding carboxylic acids is 1. The lowest BCUT2D eigenvalue weighted by Gasteiger charge is -2.27. The zero-order chi connectivity index (χ0) is 13.4. The number of halogens is 1. The van der Waals surface area contributed by atoms with E-state index in [9.17, 15) is 4.79 Å². The third-order valence-corrected chi connectivity index (χ3v) is 3.93. The average Bonchev–Trinajstić information content (AvgIpc) is 2.63. The molecule has 0 spiro atoms. The maximum Gasteiger partial charge on any atom is 0.245 e. The molecular formula is C13H18ClN3O. The van der Waals surface area contributed by atoms with Gasteiger partial charge in [-0.3, -0.25) is 4.79 Å². The number of hydrogen-bond acceptors (Lipinski definition) is 3. The van der Waals surface area contributed by atoms with Crippen LogP contribution in [-0.2, 0) is 4.79 Å². The van der Waals surface area contributed by atoms with Gasteiger partial charge in [-0.2, -0.15) is 0 Å². The van der Waals surface area contributed by atoms with E-state index in [1.807, 2.05) is 13.1 Å². The quantitative estimate of drug-likeness (QED) is 0.885. The summed E-state index contributed by atoms with van der Waals surface area (Å²) >= 11 is 6.28. The molecule has 0 fully saturated rings. The Morgan fingerprint density at radius 1 is 1.56 bits per heavy atom. The van der Waals surface area contributed by atoms with E-state index in [2.05, 4.69) is 24.1 Å². The summed E-state index contributed by atoms with van der Waals surface area (Å²) < 4.78 is 0. The topological polar surface area (TPSA) is 58.4 Å². The van der Waals surface area contributed by atoms with Crippen LogP contribution in [0.4, 0.5) is 11.4 Å². The second kappa shape index (κ2) is 4.78. The molecule has 1 aromatic rings. The SMILES string of the molecule is CCC(C)N(C)c1cc2c(cc1Cl)C(N)C(=O)N2. The summed E-state index contributed by atoms with van der Waals surface area (Å²) in [5.74, 6) is -0.176. The number of nitrogens with one attached hydrogen (secondary N) is 1. The number of anilines is 2. The molecule has 98 valence electrons. The molecule has 2 rings (SSSR count). The Kier molecular flexibility index (Phi) is 3.50. The van der Waals surface area contributed by atoms with Crippen LogP contribution in [0.15, 0.2) is 12.1 Å². The molecule has 0 saturated heterocycles. The second-order valence-electron chi connectivity index (χ2n) is 4.73. The number of nitrogens with two attached hydrogens (primary N) is 1. The molecule has 0 radical (unpaired) electrons. The van der Waals surface area contributed by atoms with E-state index in [-0.39, 0.29) is 5.91 Å². The number of fused-ring (bicyclic) bond motifs is 1. The Labute approximate surface area is 112 Å². The predicted octanol–water partition coefficient (Wildman–Crippen LogP) is 2.53. The molecule has 2 atom stereocenters. The number of amides is 1. The van der Waals surface area contributed by atoms with Crippen molar-refractivity contribution in [2.24, 2.45) is 5.73 Å². The zero-order valence-electron chi connectivity index (χ0n) is 10.8. The van der Waals surface area contributed by atoms with Crippen molar-refractivity contribution in [1.29, 1.82) is 0 Å². The van der Waals surface area contributed by atoms with Crippen LogP contribution < -0.4 is 16.0 Å². The molecule has 3 N–H and O–H groups in total. The molecule has 1 heterocycles. The standard InChI is InChI=1S/C13H18ClN3O/c1-4-7(2)17(3)11-6-10-8(5-9(11)14)12(15)13(18)16-10/h5-7,12H,4,15H2,1-3H3,(H,16,18). The average molecular weight is 268 g/mol. The fourth-order valence-electron chi connectivity index (χ4n) is 2.08. The summed E-state index contributed by atoms with van der Waals surface area (Å²) in [4.78, 5) is 13.6. The number of carbonyl (C=O) groups is 1. The summed E-state index contributed by atoms with van der Waals surface area (Å²) in [5, 5.41) is 3.41. The maximum absolute atomic E-state index is 11.5. The first-order chi connectivity index (χ1) is 8.45. The number of hydrogen-bond donors (Lipinski definition) is 2. The van der Waals surface area contributed by atoms with Crippen molar-refractivity contribution in [1.82, 2.24) is 0 Å². The highest BCUT2D eigenvalue weighted by molar-refractivity contribution is 6.33. The molecule has 1 aliphatic rings. The van der Waals surface area contributed by atoms with Crippen LogP contribution in [0.1, 0.15) is 31.9 Å². The fourth-order valence-corrected chi connectivity index (χ4v) is 2.38. The van der Waals surface area contributed by atoms with Crippen LogP contribution in [-0.4, -0.2) is 19.0 Å². The Morgan fingerprint density at radius 3 is 2.83 bits per heavy atom. The first-order valence-corrected chi connectivity index (χ1v) is 6.46. The molecule has 0 saturated carbocycles. The van der Waals surface area contributed by atoms with E-state index < -0.39 is 6.04 Å². The van der Waals surface area contributed by atoms with Gasteiger partial charge in [0.15, 0.2) is 0 Å². The first kappa shape index (κ1) is 13.2. The normalized spacial score (nSPS) is 19.4. The Morgan fingerprint density at radius 2 is 2.22 bits per heavy atom. The van der Waals surface area contributed by atoms with E-state index >= 15 is 0 Å². The predicted molar refractivity (Wildman–Crippen MR) is 75.2 cm³/mol. The van der Waals surface area contributed by atoms with Crippen LogP contribution in [0.3, 0.4) is 0 Å². The summed E-state index contributed by atoms with van der Waals surface area (Å²) in [6, 6.07) is 3.45. The smallest absolute Gasteiger partial charge is 0.245 e. The zero-order valence-corrected chi connectivity index (χ0v) is 11.6. The van der Waals surface area contributed by atoms with Gasteiger partial charge >= 0.3 is 0 Å². The molecule has 0 bridgehead atoms.